The Morgan fingerprint density at radius 2 is 1.11 bits per heavy atom. The highest BCUT2D eigenvalue weighted by atomic mass is 127. The number of phenolic OH excluding ortho intramolecular Hbond substituents is 1. The quantitative estimate of drug-likeness (QED) is 0.0154. The van der Waals surface area contributed by atoms with Crippen LogP contribution in [-0.2, 0) is 21.5 Å². The van der Waals surface area contributed by atoms with E-state index >= 15 is 0 Å². The van der Waals surface area contributed by atoms with Gasteiger partial charge in [-0.25, -0.2) is 14.5 Å². The number of rotatable bonds is 21. The van der Waals surface area contributed by atoms with E-state index in [1.165, 1.54) is 17.2 Å². The number of fused-ring (bicyclic) bond motifs is 2. The van der Waals surface area contributed by atoms with Gasteiger partial charge in [0.15, 0.2) is 5.69 Å². The average molecular weight is 1910 g/mol. The van der Waals surface area contributed by atoms with Crippen LogP contribution in [0.15, 0.2) is 327 Å². The van der Waals surface area contributed by atoms with Crippen molar-refractivity contribution in [1.82, 2.24) is 24.6 Å². The third-order valence-corrected chi connectivity index (χ3v) is 22.3. The van der Waals surface area contributed by atoms with Crippen LogP contribution in [0.3, 0.4) is 0 Å². The molecular weight excluding hydrogens is 1820 g/mol. The van der Waals surface area contributed by atoms with Crippen LogP contribution in [0.5, 0.6) is 11.5 Å². The lowest BCUT2D eigenvalue weighted by molar-refractivity contribution is -0.385. The molecule has 25 heteroatoms. The maximum absolute atomic E-state index is 13.0. The average Bonchev–Trinajstić information content (AvgIpc) is 1.63. The van der Waals surface area contributed by atoms with Crippen molar-refractivity contribution in [3.05, 3.63) is 411 Å². The molecule has 0 saturated carbocycles. The third-order valence-electron chi connectivity index (χ3n) is 19.5. The summed E-state index contributed by atoms with van der Waals surface area (Å²) in [4.78, 5) is 65.6. The number of hydrogen-bond acceptors (Lipinski definition) is 11. The topological polar surface area (TPSA) is 257 Å². The molecule has 2 heterocycles. The summed E-state index contributed by atoms with van der Waals surface area (Å²) in [5.41, 5.74) is 14.6. The van der Waals surface area contributed by atoms with Crippen molar-refractivity contribution in [1.29, 1.82) is 0 Å². The fourth-order valence-corrected chi connectivity index (χ4v) is 14.3. The molecular formula is C99H88BrCl4IN10O9. The zero-order chi connectivity index (χ0) is 88.6. The van der Waals surface area contributed by atoms with Crippen LogP contribution >= 0.6 is 84.9 Å². The van der Waals surface area contributed by atoms with Gasteiger partial charge < -0.3 is 46.1 Å². The van der Waals surface area contributed by atoms with Gasteiger partial charge >= 0.3 is 6.03 Å². The molecule has 0 aliphatic carbocycles. The third kappa shape index (κ3) is 26.1. The molecule has 19 nitrogen and oxygen atoms in total. The first-order valence-corrected chi connectivity index (χ1v) is 42.5. The van der Waals surface area contributed by atoms with Gasteiger partial charge in [0, 0.05) is 64.6 Å². The fourth-order valence-electron chi connectivity index (χ4n) is 13.0. The molecule has 1 unspecified atom stereocenters. The number of aliphatic hydroxyl groups excluding tert-OH is 1. The zero-order valence-electron chi connectivity index (χ0n) is 68.3. The first-order chi connectivity index (χ1) is 59.5. The van der Waals surface area contributed by atoms with Crippen molar-refractivity contribution in [2.75, 3.05) is 34.4 Å². The number of nitrogens with zero attached hydrogens (tertiary/aromatic N) is 5. The second kappa shape index (κ2) is 44.0. The molecule has 0 aliphatic rings. The Labute approximate surface area is 761 Å². The van der Waals surface area contributed by atoms with Crippen LogP contribution in [0.4, 0.5) is 33.2 Å². The SMILES string of the molecule is C=CCNC(=O)c1cc(-c2ccc(Cl)cc2)n(-c2cc(Cl)ccc2Cl)n1.CC(C)(C)c1cccc(NC(=O)Nc2ccc3ccc(O)cc3c2)c1.Cc1cc2ncn(CC(O)COc3ccc(I)cc3)c2cc1C.Cc1ccc(NC(=O)C(c2ccccc2)c2ccccc2)cc1[N+](=O)[O-].O=C(Nc1ccc(Br)c(Cl)c1)C(c1ccccc1)c1ccccc1. The molecule has 13 aromatic carbocycles. The van der Waals surface area contributed by atoms with Crippen molar-refractivity contribution in [3.63, 3.8) is 0 Å². The lowest BCUT2D eigenvalue weighted by Crippen LogP contribution is -2.23. The minimum Gasteiger partial charge on any atom is -0.508 e. The first kappa shape index (κ1) is 92.3. The number of ether oxygens (including phenoxy) is 1. The zero-order valence-corrected chi connectivity index (χ0v) is 75.1. The van der Waals surface area contributed by atoms with E-state index < -0.39 is 16.9 Å². The molecule has 15 rings (SSSR count). The highest BCUT2D eigenvalue weighted by Gasteiger charge is 2.26. The molecule has 0 saturated heterocycles. The number of nitrogens with one attached hydrogen (secondary N) is 5. The lowest BCUT2D eigenvalue weighted by Gasteiger charge is -2.20. The summed E-state index contributed by atoms with van der Waals surface area (Å²) in [5, 5.41) is 53.6. The Balaban J connectivity index is 0.000000151. The number of anilines is 4. The van der Waals surface area contributed by atoms with Crippen molar-refractivity contribution in [3.8, 4) is 28.4 Å². The van der Waals surface area contributed by atoms with Crippen LogP contribution in [-0.4, -0.2) is 77.5 Å². The van der Waals surface area contributed by atoms with Crippen molar-refractivity contribution in [2.24, 2.45) is 0 Å². The molecule has 124 heavy (non-hydrogen) atoms. The normalized spacial score (nSPS) is 11.1. The molecule has 7 N–H and O–H groups in total. The van der Waals surface area contributed by atoms with Gasteiger partial charge in [-0.2, -0.15) is 5.10 Å². The van der Waals surface area contributed by atoms with Crippen molar-refractivity contribution < 1.29 is 39.1 Å². The molecule has 0 bridgehead atoms. The highest BCUT2D eigenvalue weighted by Crippen LogP contribution is 2.35. The standard InChI is InChI=1S/C21H18N2O3.C21H22N2O2.C20H15BrClNO.C19H14Cl3N3O.C18H19IN2O2/c1-15-12-13-18(14-19(15)23(25)26)22-21(24)20(16-8-4-2-5-9-16)17-10-6-3-7-11-17;1-21(2,3)16-5-4-6-17(13-16)22-20(25)23-18-9-7-14-8-10-19(24)12-15(14)11-18;21-17-12-11-16(13-18(17)22)23-20(24)19(14-7-3-1-4-8-14)15-9-5-2-6-10-15;1-2-9-23-19(26)16-11-17(12-3-5-13(20)6-4-12)25(24-16)18-10-14(21)7-8-15(18)22;1-12-7-17-18(8-13(12)2)21(11-20-17)9-15(22)10-23-16-5-3-14(19)4-6-16/h2-14,20H,1H3,(H,22,24);4-13,24H,1-3H3,(H2,22,23,25);1-13,19H,(H,23,24);2-8,10-11H,1,9H2,(H,23,26);3-8,11,15,22H,9-10H2,1-2H3. The smallest absolute Gasteiger partial charge is 0.323 e. The van der Waals surface area contributed by atoms with Gasteiger partial charge in [-0.05, 0) is 248 Å². The lowest BCUT2D eigenvalue weighted by atomic mass is 9.87. The van der Waals surface area contributed by atoms with Crippen LogP contribution < -0.4 is 31.3 Å². The summed E-state index contributed by atoms with van der Waals surface area (Å²) in [5.74, 6) is -0.546. The Morgan fingerprint density at radius 3 is 1.69 bits per heavy atom. The van der Waals surface area contributed by atoms with Gasteiger partial charge in [0.05, 0.1) is 62.1 Å². The minimum absolute atomic E-state index is 0.0150. The van der Waals surface area contributed by atoms with E-state index in [9.17, 15) is 39.5 Å². The number of phenols is 1. The largest absolute Gasteiger partial charge is 0.508 e. The van der Waals surface area contributed by atoms with Crippen LogP contribution in [0, 0.1) is 34.5 Å². The van der Waals surface area contributed by atoms with Gasteiger partial charge in [0.1, 0.15) is 24.2 Å². The molecule has 0 aliphatic heterocycles. The molecule has 630 valence electrons. The predicted molar refractivity (Wildman–Crippen MR) is 514 cm³/mol. The van der Waals surface area contributed by atoms with Crippen LogP contribution in [0.2, 0.25) is 20.1 Å². The van der Waals surface area contributed by atoms with E-state index in [-0.39, 0.29) is 58.8 Å². The summed E-state index contributed by atoms with van der Waals surface area (Å²) in [6.45, 7) is 16.9. The summed E-state index contributed by atoms with van der Waals surface area (Å²) < 4.78 is 11.2. The number of urea groups is 1. The number of hydrogen-bond donors (Lipinski definition) is 7. The molecule has 0 spiro atoms. The number of benzene rings is 13. The van der Waals surface area contributed by atoms with Gasteiger partial charge in [-0.15, -0.1) is 6.58 Å². The monoisotopic (exact) mass is 1910 g/mol. The van der Waals surface area contributed by atoms with Gasteiger partial charge in [0.2, 0.25) is 11.8 Å². The molecule has 1 atom stereocenters. The van der Waals surface area contributed by atoms with Gasteiger partial charge in [-0.3, -0.25) is 24.5 Å². The van der Waals surface area contributed by atoms with E-state index in [1.807, 2.05) is 217 Å². The minimum atomic E-state index is -0.590. The fraction of sp³-hybridized carbons (Fsp3) is 0.131. The number of aliphatic hydroxyl groups is 1. The highest BCUT2D eigenvalue weighted by molar-refractivity contribution is 14.1. The van der Waals surface area contributed by atoms with Crippen molar-refractivity contribution >= 4 is 159 Å². The summed E-state index contributed by atoms with van der Waals surface area (Å²) >= 11 is 30.1. The molecule has 0 radical (unpaired) electrons. The number of aromatic hydroxyl groups is 1. The number of nitro benzene ring substituents is 1. The number of nitro groups is 1. The number of halogens is 6. The Bertz CT molecular complexity index is 6150. The summed E-state index contributed by atoms with van der Waals surface area (Å²) in [6, 6.07) is 92.7. The molecule has 5 amide bonds. The Hall–Kier alpha value is -12.5. The molecule has 15 aromatic rings. The van der Waals surface area contributed by atoms with E-state index in [1.54, 1.807) is 90.7 Å². The molecule has 0 fully saturated rings. The maximum atomic E-state index is 13.0. The van der Waals surface area contributed by atoms with Crippen LogP contribution in [0.1, 0.15) is 87.6 Å². The van der Waals surface area contributed by atoms with E-state index in [2.05, 4.69) is 135 Å². The molecule has 2 aromatic heterocycles. The second-order valence-electron chi connectivity index (χ2n) is 29.7. The van der Waals surface area contributed by atoms with Gasteiger partial charge in [0.25, 0.3) is 11.6 Å². The number of carbonyl (C=O) groups is 4. The van der Waals surface area contributed by atoms with Crippen molar-refractivity contribution in [2.45, 2.75) is 71.4 Å². The number of imidazole rings is 1. The maximum Gasteiger partial charge on any atom is 0.323 e. The van der Waals surface area contributed by atoms with Gasteiger partial charge in [-0.1, -0.05) is 237 Å². The first-order valence-electron chi connectivity index (χ1n) is 39.2. The number of carbonyl (C=O) groups excluding carboxylic acids is 4. The number of aromatic nitrogens is 4. The summed E-state index contributed by atoms with van der Waals surface area (Å²) in [6.07, 6.45) is 2.79. The Kier molecular flexibility index (Phi) is 32.8. The van der Waals surface area contributed by atoms with Crippen LogP contribution in [0.25, 0.3) is 38.8 Å². The number of aryl methyl sites for hydroxylation is 3. The van der Waals surface area contributed by atoms with E-state index in [0.29, 0.717) is 67.2 Å². The summed E-state index contributed by atoms with van der Waals surface area (Å²) in [7, 11) is 0. The number of amides is 5. The predicted octanol–water partition coefficient (Wildman–Crippen LogP) is 25.1. The second-order valence-corrected chi connectivity index (χ2v) is 33.5. The Morgan fingerprint density at radius 1 is 0.573 bits per heavy atom. The van der Waals surface area contributed by atoms with E-state index in [0.717, 1.165) is 74.7 Å². The van der Waals surface area contributed by atoms with E-state index in [4.69, 9.17) is 51.1 Å².